The van der Waals surface area contributed by atoms with Gasteiger partial charge in [0.1, 0.15) is 5.60 Å². The minimum absolute atomic E-state index is 0.249. The zero-order valence-corrected chi connectivity index (χ0v) is 10.6. The van der Waals surface area contributed by atoms with Gasteiger partial charge in [0.25, 0.3) is 0 Å². The van der Waals surface area contributed by atoms with E-state index in [0.29, 0.717) is 12.5 Å². The molecule has 4 nitrogen and oxygen atoms in total. The van der Waals surface area contributed by atoms with Crippen LogP contribution in [-0.2, 0) is 4.74 Å². The molecule has 4 heteroatoms. The molecule has 2 unspecified atom stereocenters. The van der Waals surface area contributed by atoms with Crippen LogP contribution in [0.4, 0.5) is 4.79 Å². The van der Waals surface area contributed by atoms with Gasteiger partial charge in [-0.15, -0.1) is 0 Å². The number of carbonyl (C=O) groups excluding carboxylic acids is 1. The van der Waals surface area contributed by atoms with Crippen molar-refractivity contribution in [2.45, 2.75) is 58.1 Å². The second kappa shape index (κ2) is 5.53. The molecule has 0 heterocycles. The highest BCUT2D eigenvalue weighted by Gasteiger charge is 2.29. The predicted octanol–water partition coefficient (Wildman–Crippen LogP) is 2.03. The zero-order valence-electron chi connectivity index (χ0n) is 10.6. The topological polar surface area (TPSA) is 64.3 Å². The van der Waals surface area contributed by atoms with E-state index in [2.05, 4.69) is 5.32 Å². The predicted molar refractivity (Wildman–Crippen MR) is 64.2 cm³/mol. The Hall–Kier alpha value is -0.770. The number of hydrogen-bond acceptors (Lipinski definition) is 3. The molecule has 1 rings (SSSR count). The number of hydrogen-bond donors (Lipinski definition) is 2. The molecule has 2 atom stereocenters. The molecule has 1 amide bonds. The van der Waals surface area contributed by atoms with Crippen molar-refractivity contribution >= 4 is 6.09 Å². The molecule has 0 aliphatic heterocycles. The monoisotopic (exact) mass is 228 g/mol. The lowest BCUT2D eigenvalue weighted by atomic mass is 10.00. The van der Waals surface area contributed by atoms with E-state index in [9.17, 15) is 4.79 Å². The van der Waals surface area contributed by atoms with Crippen LogP contribution in [0.25, 0.3) is 0 Å². The van der Waals surface area contributed by atoms with Gasteiger partial charge in [-0.05, 0) is 52.5 Å². The molecular weight excluding hydrogens is 204 g/mol. The maximum Gasteiger partial charge on any atom is 0.407 e. The van der Waals surface area contributed by atoms with Gasteiger partial charge < -0.3 is 15.8 Å². The van der Waals surface area contributed by atoms with Crippen molar-refractivity contribution in [3.8, 4) is 0 Å². The van der Waals surface area contributed by atoms with Gasteiger partial charge in [0.05, 0.1) is 0 Å². The number of carbonyl (C=O) groups is 1. The minimum atomic E-state index is -0.425. The third kappa shape index (κ3) is 4.39. The first-order valence-electron chi connectivity index (χ1n) is 6.12. The Morgan fingerprint density at radius 2 is 2.12 bits per heavy atom. The summed E-state index contributed by atoms with van der Waals surface area (Å²) in [7, 11) is 0. The Kier molecular flexibility index (Phi) is 4.59. The van der Waals surface area contributed by atoms with Crippen LogP contribution in [0.15, 0.2) is 0 Å². The molecule has 0 bridgehead atoms. The molecule has 0 saturated heterocycles. The highest BCUT2D eigenvalue weighted by molar-refractivity contribution is 5.68. The van der Waals surface area contributed by atoms with Gasteiger partial charge >= 0.3 is 6.09 Å². The fourth-order valence-corrected chi connectivity index (χ4v) is 2.25. The van der Waals surface area contributed by atoms with Crippen molar-refractivity contribution in [2.24, 2.45) is 11.7 Å². The normalized spacial score (nSPS) is 25.5. The summed E-state index contributed by atoms with van der Waals surface area (Å²) in [6.07, 6.45) is 4.06. The summed E-state index contributed by atoms with van der Waals surface area (Å²) < 4.78 is 5.24. The Morgan fingerprint density at radius 3 is 2.69 bits per heavy atom. The van der Waals surface area contributed by atoms with E-state index in [4.69, 9.17) is 10.5 Å². The van der Waals surface area contributed by atoms with E-state index < -0.39 is 5.60 Å². The summed E-state index contributed by atoms with van der Waals surface area (Å²) >= 11 is 0. The molecule has 0 aromatic carbocycles. The van der Waals surface area contributed by atoms with Crippen molar-refractivity contribution < 1.29 is 9.53 Å². The summed E-state index contributed by atoms with van der Waals surface area (Å²) in [4.78, 5) is 11.6. The second-order valence-electron chi connectivity index (χ2n) is 5.52. The van der Waals surface area contributed by atoms with Crippen LogP contribution < -0.4 is 11.1 Å². The number of nitrogens with one attached hydrogen (secondary N) is 1. The SMILES string of the molecule is CC(C)(C)OC(=O)NC1CCCC1CCN. The number of amides is 1. The van der Waals surface area contributed by atoms with Crippen molar-refractivity contribution in [1.29, 1.82) is 0 Å². The number of alkyl carbamates (subject to hydrolysis) is 1. The van der Waals surface area contributed by atoms with Crippen LogP contribution in [-0.4, -0.2) is 24.3 Å². The fourth-order valence-electron chi connectivity index (χ4n) is 2.25. The van der Waals surface area contributed by atoms with Crippen LogP contribution in [0.1, 0.15) is 46.5 Å². The van der Waals surface area contributed by atoms with Gasteiger partial charge in [-0.2, -0.15) is 0 Å². The smallest absolute Gasteiger partial charge is 0.407 e. The fraction of sp³-hybridized carbons (Fsp3) is 0.917. The maximum absolute atomic E-state index is 11.6. The number of ether oxygens (including phenoxy) is 1. The lowest BCUT2D eigenvalue weighted by Crippen LogP contribution is -2.41. The summed E-state index contributed by atoms with van der Waals surface area (Å²) in [5, 5.41) is 2.95. The van der Waals surface area contributed by atoms with E-state index in [1.807, 2.05) is 20.8 Å². The molecule has 1 aliphatic rings. The van der Waals surface area contributed by atoms with Crippen LogP contribution >= 0.6 is 0 Å². The first-order valence-corrected chi connectivity index (χ1v) is 6.12. The van der Waals surface area contributed by atoms with E-state index in [-0.39, 0.29) is 12.1 Å². The quantitative estimate of drug-likeness (QED) is 0.776. The lowest BCUT2D eigenvalue weighted by molar-refractivity contribution is 0.0492. The molecule has 0 radical (unpaired) electrons. The summed E-state index contributed by atoms with van der Waals surface area (Å²) in [6, 6.07) is 0.249. The molecule has 94 valence electrons. The highest BCUT2D eigenvalue weighted by Crippen LogP contribution is 2.28. The van der Waals surface area contributed by atoms with E-state index in [1.54, 1.807) is 0 Å². The average molecular weight is 228 g/mol. The third-order valence-electron chi connectivity index (χ3n) is 2.90. The molecule has 0 spiro atoms. The Bertz CT molecular complexity index is 236. The summed E-state index contributed by atoms with van der Waals surface area (Å²) in [5.74, 6) is 0.525. The molecule has 0 aromatic rings. The standard InChI is InChI=1S/C12H24N2O2/c1-12(2,3)16-11(15)14-10-6-4-5-9(10)7-8-13/h9-10H,4-8,13H2,1-3H3,(H,14,15). The molecule has 1 aliphatic carbocycles. The van der Waals surface area contributed by atoms with E-state index in [0.717, 1.165) is 19.3 Å². The van der Waals surface area contributed by atoms with Gasteiger partial charge in [-0.1, -0.05) is 6.42 Å². The van der Waals surface area contributed by atoms with Crippen LogP contribution in [0.2, 0.25) is 0 Å². The number of nitrogens with two attached hydrogens (primary N) is 1. The zero-order chi connectivity index (χ0) is 12.2. The Balaban J connectivity index is 2.38. The summed E-state index contributed by atoms with van der Waals surface area (Å²) in [5.41, 5.74) is 5.13. The molecule has 1 fully saturated rings. The van der Waals surface area contributed by atoms with E-state index in [1.165, 1.54) is 6.42 Å². The maximum atomic E-state index is 11.6. The van der Waals surface area contributed by atoms with Crippen LogP contribution in [0, 0.1) is 5.92 Å². The number of rotatable bonds is 3. The Labute approximate surface area is 97.9 Å². The van der Waals surface area contributed by atoms with Crippen molar-refractivity contribution in [2.75, 3.05) is 6.54 Å². The molecule has 0 aromatic heterocycles. The first kappa shape index (κ1) is 13.3. The molecule has 1 saturated carbocycles. The van der Waals surface area contributed by atoms with Crippen LogP contribution in [0.5, 0.6) is 0 Å². The third-order valence-corrected chi connectivity index (χ3v) is 2.90. The Morgan fingerprint density at radius 1 is 1.44 bits per heavy atom. The minimum Gasteiger partial charge on any atom is -0.444 e. The average Bonchev–Trinajstić information content (AvgIpc) is 2.50. The van der Waals surface area contributed by atoms with Gasteiger partial charge in [0, 0.05) is 6.04 Å². The van der Waals surface area contributed by atoms with Gasteiger partial charge in [-0.3, -0.25) is 0 Å². The molecule has 3 N–H and O–H groups in total. The summed E-state index contributed by atoms with van der Waals surface area (Å²) in [6.45, 7) is 6.31. The van der Waals surface area contributed by atoms with Gasteiger partial charge in [0.15, 0.2) is 0 Å². The van der Waals surface area contributed by atoms with Crippen LogP contribution in [0.3, 0.4) is 0 Å². The second-order valence-corrected chi connectivity index (χ2v) is 5.52. The van der Waals surface area contributed by atoms with Gasteiger partial charge in [-0.25, -0.2) is 4.79 Å². The lowest BCUT2D eigenvalue weighted by Gasteiger charge is -2.24. The highest BCUT2D eigenvalue weighted by atomic mass is 16.6. The van der Waals surface area contributed by atoms with Gasteiger partial charge in [0.2, 0.25) is 0 Å². The van der Waals surface area contributed by atoms with Crippen molar-refractivity contribution in [3.05, 3.63) is 0 Å². The molecular formula is C12H24N2O2. The van der Waals surface area contributed by atoms with E-state index >= 15 is 0 Å². The largest absolute Gasteiger partial charge is 0.444 e. The van der Waals surface area contributed by atoms with Crippen molar-refractivity contribution in [3.63, 3.8) is 0 Å². The molecule has 16 heavy (non-hydrogen) atoms. The van der Waals surface area contributed by atoms with Crippen molar-refractivity contribution in [1.82, 2.24) is 5.32 Å². The first-order chi connectivity index (χ1) is 7.42.